The standard InChI is InChI=1S/C12H4N6O12S.P/c19-13(20)5-1-3-7(11(17(27)28)9(5)15(23)24)31-8-4-2-6(14(21)22)10(16(25)26)12(8)18(29)30;/h1-4H;. The Morgan fingerprint density at radius 1 is 0.469 bits per heavy atom. The molecule has 0 aliphatic carbocycles. The first-order chi connectivity index (χ1) is 14.4. The van der Waals surface area contributed by atoms with E-state index in [1.54, 1.807) is 0 Å². The fourth-order valence-corrected chi connectivity index (χ4v) is 3.44. The van der Waals surface area contributed by atoms with Gasteiger partial charge < -0.3 is 0 Å². The molecule has 0 aliphatic rings. The summed E-state index contributed by atoms with van der Waals surface area (Å²) in [5.41, 5.74) is -8.27. The molecule has 20 heteroatoms. The van der Waals surface area contributed by atoms with E-state index in [4.69, 9.17) is 0 Å². The van der Waals surface area contributed by atoms with Crippen LogP contribution in [0.1, 0.15) is 0 Å². The Hall–Kier alpha value is -4.38. The molecular weight excluding hydrogens is 483 g/mol. The highest BCUT2D eigenvalue weighted by Crippen LogP contribution is 2.49. The van der Waals surface area contributed by atoms with E-state index < -0.39 is 73.5 Å². The summed E-state index contributed by atoms with van der Waals surface area (Å²) in [7, 11) is 0. The molecule has 0 saturated carbocycles. The lowest BCUT2D eigenvalue weighted by Crippen LogP contribution is -2.04. The van der Waals surface area contributed by atoms with Crippen LogP contribution in [0.4, 0.5) is 34.1 Å². The van der Waals surface area contributed by atoms with Gasteiger partial charge in [-0.3, -0.25) is 60.7 Å². The minimum absolute atomic E-state index is 0. The van der Waals surface area contributed by atoms with Crippen LogP contribution in [0.25, 0.3) is 0 Å². The molecule has 2 rings (SSSR count). The van der Waals surface area contributed by atoms with Gasteiger partial charge >= 0.3 is 34.1 Å². The predicted octanol–water partition coefficient (Wildman–Crippen LogP) is 4.15. The third kappa shape index (κ3) is 4.68. The van der Waals surface area contributed by atoms with Crippen LogP contribution in [0, 0.1) is 60.7 Å². The molecule has 0 fully saturated rings. The van der Waals surface area contributed by atoms with Crippen LogP contribution in [0.3, 0.4) is 0 Å². The van der Waals surface area contributed by atoms with Crippen molar-refractivity contribution in [3.8, 4) is 0 Å². The van der Waals surface area contributed by atoms with E-state index in [1.807, 2.05) is 0 Å². The van der Waals surface area contributed by atoms with Gasteiger partial charge in [-0.1, -0.05) is 11.8 Å². The average molecular weight is 487 g/mol. The summed E-state index contributed by atoms with van der Waals surface area (Å²) in [5.74, 6) is 0. The van der Waals surface area contributed by atoms with Gasteiger partial charge in [0.05, 0.1) is 39.3 Å². The number of benzene rings is 2. The van der Waals surface area contributed by atoms with Crippen LogP contribution in [0.15, 0.2) is 34.1 Å². The highest BCUT2D eigenvalue weighted by Gasteiger charge is 2.42. The maximum absolute atomic E-state index is 11.4. The molecule has 0 atom stereocenters. The van der Waals surface area contributed by atoms with Gasteiger partial charge in [0.2, 0.25) is 0 Å². The molecule has 32 heavy (non-hydrogen) atoms. The van der Waals surface area contributed by atoms with E-state index in [9.17, 15) is 60.7 Å². The molecule has 0 saturated heterocycles. The van der Waals surface area contributed by atoms with E-state index in [0.717, 1.165) is 0 Å². The van der Waals surface area contributed by atoms with Crippen molar-refractivity contribution in [2.45, 2.75) is 9.79 Å². The van der Waals surface area contributed by atoms with Crippen LogP contribution >= 0.6 is 21.7 Å². The van der Waals surface area contributed by atoms with Crippen molar-refractivity contribution in [1.82, 2.24) is 0 Å². The fourth-order valence-electron chi connectivity index (χ4n) is 2.39. The molecule has 18 nitrogen and oxygen atoms in total. The molecule has 0 amide bonds. The second kappa shape index (κ2) is 9.62. The van der Waals surface area contributed by atoms with Gasteiger partial charge in [-0.2, -0.15) is 0 Å². The number of hydrogen-bond acceptors (Lipinski definition) is 13. The lowest BCUT2D eigenvalue weighted by molar-refractivity contribution is -0.442. The summed E-state index contributed by atoms with van der Waals surface area (Å²) >= 11 is 0.0641. The van der Waals surface area contributed by atoms with Crippen LogP contribution in [0.2, 0.25) is 0 Å². The van der Waals surface area contributed by atoms with Gasteiger partial charge in [0.25, 0.3) is 0 Å². The van der Waals surface area contributed by atoms with E-state index in [0.29, 0.717) is 24.3 Å². The summed E-state index contributed by atoms with van der Waals surface area (Å²) in [5, 5.41) is 67.1. The molecule has 0 heterocycles. The zero-order valence-corrected chi connectivity index (χ0v) is 16.5. The van der Waals surface area contributed by atoms with E-state index >= 15 is 0 Å². The fraction of sp³-hybridized carbons (Fsp3) is 0. The van der Waals surface area contributed by atoms with E-state index in [2.05, 4.69) is 0 Å². The van der Waals surface area contributed by atoms with Crippen molar-refractivity contribution in [3.63, 3.8) is 0 Å². The smallest absolute Gasteiger partial charge is 0.258 e. The van der Waals surface area contributed by atoms with Crippen molar-refractivity contribution in [2.75, 3.05) is 0 Å². The Morgan fingerprint density at radius 3 is 0.969 bits per heavy atom. The predicted molar refractivity (Wildman–Crippen MR) is 104 cm³/mol. The Bertz CT molecular complexity index is 1110. The lowest BCUT2D eigenvalue weighted by atomic mass is 10.2. The number of hydrogen-bond donors (Lipinski definition) is 0. The lowest BCUT2D eigenvalue weighted by Gasteiger charge is -2.05. The maximum Gasteiger partial charge on any atom is 0.423 e. The second-order valence-corrected chi connectivity index (χ2v) is 6.29. The molecular formula is C12H4N6O12PS. The largest absolute Gasteiger partial charge is 0.423 e. The topological polar surface area (TPSA) is 259 Å². The third-order valence-corrected chi connectivity index (χ3v) is 4.63. The van der Waals surface area contributed by atoms with Crippen LogP contribution in [-0.2, 0) is 0 Å². The third-order valence-electron chi connectivity index (χ3n) is 3.53. The monoisotopic (exact) mass is 487 g/mol. The molecule has 0 N–H and O–H groups in total. The van der Waals surface area contributed by atoms with Gasteiger partial charge in [-0.15, -0.1) is 0 Å². The summed E-state index contributed by atoms with van der Waals surface area (Å²) < 4.78 is 0. The van der Waals surface area contributed by atoms with Crippen LogP contribution in [-0.4, -0.2) is 29.5 Å². The quantitative estimate of drug-likeness (QED) is 0.288. The summed E-state index contributed by atoms with van der Waals surface area (Å²) in [6.45, 7) is 0. The van der Waals surface area contributed by atoms with Gasteiger partial charge in [0, 0.05) is 22.0 Å². The first-order valence-corrected chi connectivity index (χ1v) is 8.08. The first kappa shape index (κ1) is 25.7. The Balaban J connectivity index is 0.00000512. The van der Waals surface area contributed by atoms with Crippen molar-refractivity contribution in [3.05, 3.63) is 85.0 Å². The molecule has 0 bridgehead atoms. The molecule has 2 aromatic carbocycles. The number of rotatable bonds is 8. The molecule has 0 aromatic heterocycles. The Morgan fingerprint density at radius 2 is 0.750 bits per heavy atom. The average Bonchev–Trinajstić information content (AvgIpc) is 2.65. The van der Waals surface area contributed by atoms with Crippen molar-refractivity contribution in [2.24, 2.45) is 0 Å². The Kier molecular flexibility index (Phi) is 7.71. The maximum atomic E-state index is 11.4. The number of nitro benzene ring substituents is 6. The van der Waals surface area contributed by atoms with E-state index in [1.165, 1.54) is 0 Å². The van der Waals surface area contributed by atoms with E-state index in [-0.39, 0.29) is 21.7 Å². The molecule has 0 aliphatic heterocycles. The van der Waals surface area contributed by atoms with Crippen molar-refractivity contribution >= 4 is 55.8 Å². The summed E-state index contributed by atoms with van der Waals surface area (Å²) in [6.07, 6.45) is 0. The molecule has 2 aromatic rings. The molecule has 3 radical (unpaired) electrons. The summed E-state index contributed by atoms with van der Waals surface area (Å²) in [6, 6.07) is 2.45. The SMILES string of the molecule is O=[N+]([O-])c1ccc(Sc2ccc([N+](=O)[O-])c([N+](=O)[O-])c2[N+](=O)[O-])c([N+](=O)[O-])c1[N+](=O)[O-].[P]. The van der Waals surface area contributed by atoms with Crippen molar-refractivity contribution < 1.29 is 29.5 Å². The van der Waals surface area contributed by atoms with Crippen LogP contribution < -0.4 is 0 Å². The van der Waals surface area contributed by atoms with Gasteiger partial charge in [-0.05, 0) is 12.1 Å². The second-order valence-electron chi connectivity index (χ2n) is 5.20. The van der Waals surface area contributed by atoms with Crippen molar-refractivity contribution in [1.29, 1.82) is 0 Å². The highest BCUT2D eigenvalue weighted by atomic mass is 32.2. The minimum atomic E-state index is -1.51. The number of nitro groups is 6. The van der Waals surface area contributed by atoms with Crippen LogP contribution in [0.5, 0.6) is 0 Å². The molecule has 0 spiro atoms. The van der Waals surface area contributed by atoms with Gasteiger partial charge in [0.1, 0.15) is 0 Å². The highest BCUT2D eigenvalue weighted by molar-refractivity contribution is 7.99. The zero-order chi connectivity index (χ0) is 23.6. The van der Waals surface area contributed by atoms with Gasteiger partial charge in [-0.25, -0.2) is 0 Å². The zero-order valence-electron chi connectivity index (χ0n) is 14.7. The minimum Gasteiger partial charge on any atom is -0.258 e. The molecule has 0 unspecified atom stereocenters. The van der Waals surface area contributed by atoms with Gasteiger partial charge in [0.15, 0.2) is 0 Å². The Labute approximate surface area is 180 Å². The normalized spacial score (nSPS) is 10.0. The summed E-state index contributed by atoms with van der Waals surface area (Å²) in [4.78, 5) is 57.8. The number of nitrogens with zero attached hydrogens (tertiary/aromatic N) is 6. The molecule has 165 valence electrons. The first-order valence-electron chi connectivity index (χ1n) is 7.26.